The van der Waals surface area contributed by atoms with Gasteiger partial charge in [0.1, 0.15) is 0 Å². The molecule has 5 rings (SSSR count). The number of carbonyl (C=O) groups is 2. The summed E-state index contributed by atoms with van der Waals surface area (Å²) in [5, 5.41) is 0. The lowest BCUT2D eigenvalue weighted by molar-refractivity contribution is -0.163. The largest absolute Gasteiger partial charge is 0.298 e. The van der Waals surface area contributed by atoms with Gasteiger partial charge in [-0.05, 0) is 64.5 Å². The van der Waals surface area contributed by atoms with Gasteiger partial charge in [-0.2, -0.15) is 0 Å². The lowest BCUT2D eigenvalue weighted by Gasteiger charge is -2.57. The van der Waals surface area contributed by atoms with Crippen LogP contribution in [-0.4, -0.2) is 35.1 Å². The fraction of sp³-hybridized carbons (Fsp3) is 0.900. The van der Waals surface area contributed by atoms with Crippen LogP contribution in [0.5, 0.6) is 0 Å². The number of rotatable bonds is 1. The molecule has 126 valence electrons. The molecular formula is C20H29NO2. The molecule has 4 saturated carbocycles. The van der Waals surface area contributed by atoms with Crippen LogP contribution in [0.4, 0.5) is 0 Å². The third-order valence-corrected chi connectivity index (χ3v) is 8.03. The first-order valence-corrected chi connectivity index (χ1v) is 10.0. The smallest absolute Gasteiger partial charge is 0.154 e. The monoisotopic (exact) mass is 315 g/mol. The first-order chi connectivity index (χ1) is 11.2. The van der Waals surface area contributed by atoms with Gasteiger partial charge in [-0.3, -0.25) is 14.5 Å². The number of hydrogen-bond acceptors (Lipinski definition) is 3. The van der Waals surface area contributed by atoms with E-state index in [-0.39, 0.29) is 16.9 Å². The van der Waals surface area contributed by atoms with Crippen molar-refractivity contribution in [3.63, 3.8) is 0 Å². The summed E-state index contributed by atoms with van der Waals surface area (Å²) in [6, 6.07) is 0. The summed E-state index contributed by atoms with van der Waals surface area (Å²) in [5.41, 5.74) is -0.737. The van der Waals surface area contributed by atoms with E-state index in [4.69, 9.17) is 0 Å². The van der Waals surface area contributed by atoms with Crippen LogP contribution >= 0.6 is 0 Å². The second kappa shape index (κ2) is 4.68. The fourth-order valence-electron chi connectivity index (χ4n) is 6.71. The molecule has 0 unspecified atom stereocenters. The molecule has 0 N–H and O–H groups in total. The van der Waals surface area contributed by atoms with Gasteiger partial charge in [-0.25, -0.2) is 0 Å². The van der Waals surface area contributed by atoms with Gasteiger partial charge in [0.2, 0.25) is 0 Å². The van der Waals surface area contributed by atoms with Crippen molar-refractivity contribution in [1.82, 2.24) is 4.90 Å². The molecule has 3 heteroatoms. The summed E-state index contributed by atoms with van der Waals surface area (Å²) >= 11 is 0. The van der Waals surface area contributed by atoms with Gasteiger partial charge in [0.25, 0.3) is 0 Å². The van der Waals surface area contributed by atoms with Crippen LogP contribution in [0.3, 0.4) is 0 Å². The van der Waals surface area contributed by atoms with E-state index in [0.717, 1.165) is 51.6 Å². The number of ketones is 2. The Kier molecular flexibility index (Phi) is 2.98. The van der Waals surface area contributed by atoms with Crippen molar-refractivity contribution in [2.24, 2.45) is 16.7 Å². The second-order valence-corrected chi connectivity index (χ2v) is 8.98. The van der Waals surface area contributed by atoms with E-state index in [9.17, 15) is 9.59 Å². The Morgan fingerprint density at radius 3 is 2.13 bits per heavy atom. The van der Waals surface area contributed by atoms with Gasteiger partial charge in [0.05, 0.1) is 5.41 Å². The minimum absolute atomic E-state index is 0.0913. The van der Waals surface area contributed by atoms with Crippen LogP contribution in [0.2, 0.25) is 0 Å². The zero-order chi connectivity index (χ0) is 15.7. The van der Waals surface area contributed by atoms with E-state index in [2.05, 4.69) is 4.90 Å². The molecule has 5 aliphatic rings. The highest BCUT2D eigenvalue weighted by Crippen LogP contribution is 2.72. The van der Waals surface area contributed by atoms with Crippen LogP contribution < -0.4 is 0 Å². The van der Waals surface area contributed by atoms with E-state index in [0.29, 0.717) is 11.6 Å². The summed E-state index contributed by atoms with van der Waals surface area (Å²) in [5.74, 6) is 0.913. The average molecular weight is 315 g/mol. The molecule has 0 bridgehead atoms. The SMILES string of the molecule is O=C1[C@@H]2CCCCCC[C@]2(N2CCCC2)C2(CC2)C(=O)C12CC2. The Morgan fingerprint density at radius 2 is 1.48 bits per heavy atom. The fourth-order valence-corrected chi connectivity index (χ4v) is 6.71. The summed E-state index contributed by atoms with van der Waals surface area (Å²) in [4.78, 5) is 29.6. The molecule has 0 aromatic carbocycles. The molecule has 1 saturated heterocycles. The standard InChI is InChI=1S/C20H29NO2/c22-16-15-7-3-1-2-4-8-20(15,21-13-5-6-14-21)19(11-12-19)17(23)18(16)9-10-18/h15H,1-14H2/t15-,20+/m0/s1. The molecule has 3 nitrogen and oxygen atoms in total. The Morgan fingerprint density at radius 1 is 0.783 bits per heavy atom. The van der Waals surface area contributed by atoms with Crippen molar-refractivity contribution in [2.45, 2.75) is 82.6 Å². The van der Waals surface area contributed by atoms with Crippen molar-refractivity contribution < 1.29 is 9.59 Å². The van der Waals surface area contributed by atoms with Crippen molar-refractivity contribution in [3.8, 4) is 0 Å². The summed E-state index contributed by atoms with van der Waals surface area (Å²) < 4.78 is 0. The Labute approximate surface area is 139 Å². The topological polar surface area (TPSA) is 37.4 Å². The van der Waals surface area contributed by atoms with E-state index in [1.54, 1.807) is 0 Å². The molecule has 23 heavy (non-hydrogen) atoms. The highest BCUT2D eigenvalue weighted by Gasteiger charge is 2.79. The van der Waals surface area contributed by atoms with Crippen molar-refractivity contribution in [2.75, 3.05) is 13.1 Å². The highest BCUT2D eigenvalue weighted by atomic mass is 16.2. The van der Waals surface area contributed by atoms with E-state index in [1.807, 2.05) is 0 Å². The molecule has 4 aliphatic carbocycles. The maximum Gasteiger partial charge on any atom is 0.154 e. The number of Topliss-reactive ketones (excluding diaryl/α,β-unsaturated/α-hetero) is 2. The molecule has 5 fully saturated rings. The van der Waals surface area contributed by atoms with Gasteiger partial charge in [-0.15, -0.1) is 0 Å². The molecule has 2 atom stereocenters. The molecular weight excluding hydrogens is 286 g/mol. The minimum Gasteiger partial charge on any atom is -0.298 e. The molecule has 2 spiro atoms. The number of carbonyl (C=O) groups excluding carboxylic acids is 2. The Hall–Kier alpha value is -0.700. The van der Waals surface area contributed by atoms with Crippen molar-refractivity contribution in [3.05, 3.63) is 0 Å². The summed E-state index contributed by atoms with van der Waals surface area (Å²) in [6.45, 7) is 2.23. The van der Waals surface area contributed by atoms with E-state index in [1.165, 1.54) is 38.5 Å². The van der Waals surface area contributed by atoms with Gasteiger partial charge < -0.3 is 0 Å². The van der Waals surface area contributed by atoms with Crippen molar-refractivity contribution in [1.29, 1.82) is 0 Å². The van der Waals surface area contributed by atoms with Gasteiger partial charge >= 0.3 is 0 Å². The predicted molar refractivity (Wildman–Crippen MR) is 88.1 cm³/mol. The first-order valence-electron chi connectivity index (χ1n) is 10.0. The van der Waals surface area contributed by atoms with Crippen LogP contribution in [0.15, 0.2) is 0 Å². The normalized spacial score (nSPS) is 41.7. The third kappa shape index (κ3) is 1.65. The number of fused-ring (bicyclic) bond motifs is 2. The van der Waals surface area contributed by atoms with Gasteiger partial charge in [-0.1, -0.05) is 25.7 Å². The maximum absolute atomic E-state index is 13.5. The molecule has 0 aromatic heterocycles. The zero-order valence-corrected chi connectivity index (χ0v) is 14.2. The highest BCUT2D eigenvalue weighted by molar-refractivity contribution is 6.17. The first kappa shape index (κ1) is 14.6. The Balaban J connectivity index is 1.66. The van der Waals surface area contributed by atoms with Crippen LogP contribution in [-0.2, 0) is 9.59 Å². The number of hydrogen-bond donors (Lipinski definition) is 0. The average Bonchev–Trinajstić information content (AvgIpc) is 3.44. The minimum atomic E-state index is -0.510. The third-order valence-electron chi connectivity index (χ3n) is 8.03. The Bertz CT molecular complexity index is 554. The lowest BCUT2D eigenvalue weighted by Crippen LogP contribution is -2.69. The quantitative estimate of drug-likeness (QED) is 0.695. The molecule has 1 aliphatic heterocycles. The lowest BCUT2D eigenvalue weighted by atomic mass is 9.53. The molecule has 0 radical (unpaired) electrons. The van der Waals surface area contributed by atoms with Gasteiger partial charge in [0.15, 0.2) is 11.6 Å². The summed E-state index contributed by atoms with van der Waals surface area (Å²) in [7, 11) is 0. The van der Waals surface area contributed by atoms with E-state index < -0.39 is 5.41 Å². The zero-order valence-electron chi connectivity index (χ0n) is 14.2. The van der Waals surface area contributed by atoms with Crippen LogP contribution in [0.25, 0.3) is 0 Å². The predicted octanol–water partition coefficient (Wildman–Crippen LogP) is 3.50. The summed E-state index contributed by atoms with van der Waals surface area (Å²) in [6.07, 6.45) is 13.4. The van der Waals surface area contributed by atoms with E-state index >= 15 is 0 Å². The van der Waals surface area contributed by atoms with Crippen molar-refractivity contribution >= 4 is 11.6 Å². The number of nitrogens with zero attached hydrogens (tertiary/aromatic N) is 1. The number of likely N-dealkylation sites (tertiary alicyclic amines) is 1. The molecule has 0 amide bonds. The van der Waals surface area contributed by atoms with Gasteiger partial charge in [0, 0.05) is 16.9 Å². The molecule has 1 heterocycles. The van der Waals surface area contributed by atoms with Crippen LogP contribution in [0, 0.1) is 16.7 Å². The van der Waals surface area contributed by atoms with Crippen LogP contribution in [0.1, 0.15) is 77.0 Å². The second-order valence-electron chi connectivity index (χ2n) is 8.98. The molecule has 0 aromatic rings. The maximum atomic E-state index is 13.5.